The van der Waals surface area contributed by atoms with Gasteiger partial charge in [0.25, 0.3) is 0 Å². The Labute approximate surface area is 79.6 Å². The van der Waals surface area contributed by atoms with E-state index in [0.29, 0.717) is 12.8 Å². The lowest BCUT2D eigenvalue weighted by atomic mass is 10.00. The number of nitrogens with two attached hydrogens (primary N) is 2. The first-order valence-electron chi connectivity index (χ1n) is 3.79. The monoisotopic (exact) mass is 196 g/mol. The average Bonchev–Trinajstić information content (AvgIpc) is 1.83. The fraction of sp³-hybridized carbons (Fsp3) is 0.750. The molecule has 0 heterocycles. The van der Waals surface area contributed by atoms with Crippen molar-refractivity contribution in [3.63, 3.8) is 0 Å². The van der Waals surface area contributed by atoms with Gasteiger partial charge in [0.2, 0.25) is 0 Å². The first-order valence-corrected chi connectivity index (χ1v) is 3.79. The molecule has 0 saturated heterocycles. The Morgan fingerprint density at radius 3 is 2.33 bits per heavy atom. The van der Waals surface area contributed by atoms with E-state index in [9.17, 15) is 4.39 Å². The third-order valence-corrected chi connectivity index (χ3v) is 1.35. The second-order valence-corrected chi connectivity index (χ2v) is 3.38. The van der Waals surface area contributed by atoms with Crippen LogP contribution in [0.4, 0.5) is 4.39 Å². The molecule has 0 radical (unpaired) electrons. The Morgan fingerprint density at radius 1 is 1.50 bits per heavy atom. The van der Waals surface area contributed by atoms with Gasteiger partial charge in [-0.2, -0.15) is 0 Å². The number of allylic oxidation sites excluding steroid dienone is 1. The molecule has 0 bridgehead atoms. The van der Waals surface area contributed by atoms with Crippen LogP contribution in [0.5, 0.6) is 0 Å². The van der Waals surface area contributed by atoms with E-state index in [1.165, 1.54) is 6.08 Å². The van der Waals surface area contributed by atoms with Gasteiger partial charge >= 0.3 is 0 Å². The van der Waals surface area contributed by atoms with Gasteiger partial charge in [-0.25, -0.2) is 4.39 Å². The van der Waals surface area contributed by atoms with E-state index in [2.05, 4.69) is 0 Å². The van der Waals surface area contributed by atoms with E-state index in [-0.39, 0.29) is 30.3 Å². The van der Waals surface area contributed by atoms with E-state index in [0.717, 1.165) is 0 Å². The van der Waals surface area contributed by atoms with Crippen molar-refractivity contribution < 1.29 is 4.39 Å². The van der Waals surface area contributed by atoms with Gasteiger partial charge in [0, 0.05) is 18.5 Å². The molecular weight excluding hydrogens is 179 g/mol. The summed E-state index contributed by atoms with van der Waals surface area (Å²) in [5.41, 5.74) is 10.5. The largest absolute Gasteiger partial charge is 0.327 e. The lowest BCUT2D eigenvalue weighted by Gasteiger charge is -2.16. The maximum Gasteiger partial charge on any atom is 0.0973 e. The Kier molecular flexibility index (Phi) is 7.69. The normalized spacial score (nSPS) is 12.6. The van der Waals surface area contributed by atoms with Gasteiger partial charge in [0.05, 0.1) is 5.83 Å². The van der Waals surface area contributed by atoms with E-state index in [1.54, 1.807) is 0 Å². The molecule has 0 aliphatic rings. The Bertz CT molecular complexity index is 140. The van der Waals surface area contributed by atoms with Crippen molar-refractivity contribution in [1.29, 1.82) is 0 Å². The summed E-state index contributed by atoms with van der Waals surface area (Å²) in [6, 6.07) is 0. The van der Waals surface area contributed by atoms with Crippen LogP contribution >= 0.6 is 12.4 Å². The molecule has 4 N–H and O–H groups in total. The second kappa shape index (κ2) is 6.40. The van der Waals surface area contributed by atoms with Gasteiger partial charge in [0.15, 0.2) is 0 Å². The second-order valence-electron chi connectivity index (χ2n) is 3.38. The molecule has 0 spiro atoms. The summed E-state index contributed by atoms with van der Waals surface area (Å²) in [4.78, 5) is 0. The quantitative estimate of drug-likeness (QED) is 0.720. The molecule has 0 unspecified atom stereocenters. The zero-order chi connectivity index (χ0) is 8.91. The van der Waals surface area contributed by atoms with Gasteiger partial charge in [0.1, 0.15) is 0 Å². The summed E-state index contributed by atoms with van der Waals surface area (Å²) in [7, 11) is 0. The predicted molar refractivity (Wildman–Crippen MR) is 53.0 cm³/mol. The maximum atomic E-state index is 12.7. The smallest absolute Gasteiger partial charge is 0.0973 e. The van der Waals surface area contributed by atoms with Gasteiger partial charge < -0.3 is 11.5 Å². The highest BCUT2D eigenvalue weighted by Gasteiger charge is 2.10. The van der Waals surface area contributed by atoms with Crippen LogP contribution in [0.15, 0.2) is 11.9 Å². The molecule has 0 saturated carbocycles. The van der Waals surface area contributed by atoms with Crippen molar-refractivity contribution in [2.24, 2.45) is 11.5 Å². The van der Waals surface area contributed by atoms with Crippen LogP contribution in [0.25, 0.3) is 0 Å². The molecule has 0 aromatic rings. The Balaban J connectivity index is 0. The van der Waals surface area contributed by atoms with Crippen molar-refractivity contribution >= 4 is 12.4 Å². The van der Waals surface area contributed by atoms with Gasteiger partial charge in [-0.3, -0.25) is 0 Å². The molecule has 0 fully saturated rings. The first-order chi connectivity index (χ1) is 4.95. The molecule has 0 aromatic carbocycles. The number of hydrogen-bond donors (Lipinski definition) is 2. The molecule has 0 aliphatic heterocycles. The highest BCUT2D eigenvalue weighted by atomic mass is 35.5. The fourth-order valence-corrected chi connectivity index (χ4v) is 0.672. The number of rotatable bonds is 4. The zero-order valence-electron chi connectivity index (χ0n) is 7.64. The van der Waals surface area contributed by atoms with E-state index in [4.69, 9.17) is 11.5 Å². The number of hydrogen-bond acceptors (Lipinski definition) is 2. The minimum atomic E-state index is -0.292. The summed E-state index contributed by atoms with van der Waals surface area (Å²) >= 11 is 0. The van der Waals surface area contributed by atoms with Crippen molar-refractivity contribution in [3.05, 3.63) is 11.9 Å². The summed E-state index contributed by atoms with van der Waals surface area (Å²) in [5, 5.41) is 0. The third kappa shape index (κ3) is 9.88. The standard InChI is InChI=1S/C8H17FN2.ClH/c1-8(2,11)5-3-7(9)4-6-10;/h4H,3,5-6,10-11H2,1-2H3;1H/b7-4+;. The molecular formula is C8H18ClFN2. The number of halogens is 2. The summed E-state index contributed by atoms with van der Waals surface area (Å²) in [5.74, 6) is -0.161. The van der Waals surface area contributed by atoms with Crippen LogP contribution in [-0.2, 0) is 0 Å². The lowest BCUT2D eigenvalue weighted by molar-refractivity contribution is 0.445. The van der Waals surface area contributed by atoms with Crippen LogP contribution in [0.1, 0.15) is 26.7 Å². The lowest BCUT2D eigenvalue weighted by Crippen LogP contribution is -2.31. The highest BCUT2D eigenvalue weighted by Crippen LogP contribution is 2.13. The third-order valence-electron chi connectivity index (χ3n) is 1.35. The topological polar surface area (TPSA) is 52.0 Å². The van der Waals surface area contributed by atoms with Crippen LogP contribution in [0.3, 0.4) is 0 Å². The van der Waals surface area contributed by atoms with Crippen molar-refractivity contribution in [2.45, 2.75) is 32.2 Å². The molecule has 0 amide bonds. The molecule has 74 valence electrons. The van der Waals surface area contributed by atoms with Crippen LogP contribution in [0, 0.1) is 0 Å². The zero-order valence-corrected chi connectivity index (χ0v) is 8.46. The molecule has 0 aromatic heterocycles. The Morgan fingerprint density at radius 2 is 2.00 bits per heavy atom. The molecule has 2 nitrogen and oxygen atoms in total. The molecule has 0 rings (SSSR count). The van der Waals surface area contributed by atoms with Crippen LogP contribution in [0.2, 0.25) is 0 Å². The summed E-state index contributed by atoms with van der Waals surface area (Å²) < 4.78 is 12.7. The van der Waals surface area contributed by atoms with Crippen molar-refractivity contribution in [2.75, 3.05) is 6.54 Å². The minimum absolute atomic E-state index is 0. The van der Waals surface area contributed by atoms with E-state index >= 15 is 0 Å². The Hall–Kier alpha value is -0.120. The fourth-order valence-electron chi connectivity index (χ4n) is 0.672. The molecule has 0 aliphatic carbocycles. The van der Waals surface area contributed by atoms with Gasteiger partial charge in [-0.05, 0) is 26.3 Å². The highest BCUT2D eigenvalue weighted by molar-refractivity contribution is 5.85. The maximum absolute atomic E-state index is 12.7. The summed E-state index contributed by atoms with van der Waals surface area (Å²) in [6.45, 7) is 4.02. The molecule has 4 heteroatoms. The minimum Gasteiger partial charge on any atom is -0.327 e. The van der Waals surface area contributed by atoms with Crippen molar-refractivity contribution in [1.82, 2.24) is 0 Å². The predicted octanol–water partition coefficient (Wildman–Crippen LogP) is 1.74. The molecule has 12 heavy (non-hydrogen) atoms. The molecule has 0 atom stereocenters. The van der Waals surface area contributed by atoms with Crippen LogP contribution in [-0.4, -0.2) is 12.1 Å². The van der Waals surface area contributed by atoms with Gasteiger partial charge in [-0.15, -0.1) is 12.4 Å². The first kappa shape index (κ1) is 14.4. The van der Waals surface area contributed by atoms with Gasteiger partial charge in [-0.1, -0.05) is 0 Å². The van der Waals surface area contributed by atoms with E-state index < -0.39 is 0 Å². The van der Waals surface area contributed by atoms with E-state index in [1.807, 2.05) is 13.8 Å². The SMILES string of the molecule is CC(C)(N)CC/C(F)=C\CN.Cl. The van der Waals surface area contributed by atoms with Crippen LogP contribution < -0.4 is 11.5 Å². The summed E-state index contributed by atoms with van der Waals surface area (Å²) in [6.07, 6.45) is 2.42. The van der Waals surface area contributed by atoms with Crippen molar-refractivity contribution in [3.8, 4) is 0 Å². The average molecular weight is 197 g/mol.